The fraction of sp³-hybridized carbons (Fsp3) is 0.500. The second kappa shape index (κ2) is 7.63. The molecule has 1 spiro atoms. The van der Waals surface area contributed by atoms with Crippen LogP contribution in [-0.2, 0) is 11.3 Å². The lowest BCUT2D eigenvalue weighted by molar-refractivity contribution is -0.116. The number of benzene rings is 1. The number of nitrogens with zero attached hydrogens (tertiary/aromatic N) is 5. The van der Waals surface area contributed by atoms with Crippen molar-refractivity contribution in [1.29, 1.82) is 0 Å². The first-order valence-corrected chi connectivity index (χ1v) is 10.2. The van der Waals surface area contributed by atoms with Crippen molar-refractivity contribution in [3.8, 4) is 0 Å². The van der Waals surface area contributed by atoms with Crippen LogP contribution in [0.25, 0.3) is 0 Å². The standard InChI is InChI=1S/C22H29N5O2/c1-17-5-4-6-19(11-17)13-25-9-7-22(8-10-25)15-26(16-22)21(29)27-14-20(12-23-27)24(3)18(2)28/h4-6,11-12,14H,7-10,13,15-16H2,1-3H3. The quantitative estimate of drug-likeness (QED) is 0.802. The number of aromatic nitrogens is 2. The van der Waals surface area contributed by atoms with Gasteiger partial charge in [0, 0.05) is 39.0 Å². The van der Waals surface area contributed by atoms with Gasteiger partial charge in [0.05, 0.1) is 18.1 Å². The van der Waals surface area contributed by atoms with Crippen LogP contribution in [0.15, 0.2) is 36.7 Å². The monoisotopic (exact) mass is 395 g/mol. The topological polar surface area (TPSA) is 61.7 Å². The Balaban J connectivity index is 1.29. The minimum absolute atomic E-state index is 0.0858. The number of rotatable bonds is 3. The van der Waals surface area contributed by atoms with Crippen LogP contribution in [-0.4, -0.2) is 64.7 Å². The highest BCUT2D eigenvalue weighted by atomic mass is 16.2. The van der Waals surface area contributed by atoms with Crippen LogP contribution < -0.4 is 4.90 Å². The highest BCUT2D eigenvalue weighted by Gasteiger charge is 2.47. The van der Waals surface area contributed by atoms with Gasteiger partial charge in [-0.1, -0.05) is 29.8 Å². The largest absolute Gasteiger partial charge is 0.344 e. The van der Waals surface area contributed by atoms with Crippen LogP contribution in [0.1, 0.15) is 30.9 Å². The van der Waals surface area contributed by atoms with E-state index in [1.807, 2.05) is 4.90 Å². The Hall–Kier alpha value is -2.67. The second-order valence-electron chi connectivity index (χ2n) is 8.62. The van der Waals surface area contributed by atoms with E-state index < -0.39 is 0 Å². The van der Waals surface area contributed by atoms with E-state index in [4.69, 9.17) is 0 Å². The van der Waals surface area contributed by atoms with Gasteiger partial charge in [0.1, 0.15) is 0 Å². The van der Waals surface area contributed by atoms with Crippen LogP contribution in [0, 0.1) is 12.3 Å². The Bertz CT molecular complexity index is 905. The molecule has 2 fully saturated rings. The van der Waals surface area contributed by atoms with Crippen molar-refractivity contribution in [2.75, 3.05) is 38.1 Å². The molecule has 0 unspecified atom stereocenters. The van der Waals surface area contributed by atoms with E-state index in [2.05, 4.69) is 41.2 Å². The van der Waals surface area contributed by atoms with E-state index in [0.29, 0.717) is 5.69 Å². The van der Waals surface area contributed by atoms with E-state index >= 15 is 0 Å². The number of amides is 2. The summed E-state index contributed by atoms with van der Waals surface area (Å²) < 4.78 is 1.34. The molecule has 2 aromatic rings. The molecular formula is C22H29N5O2. The van der Waals surface area contributed by atoms with Crippen molar-refractivity contribution >= 4 is 17.6 Å². The maximum absolute atomic E-state index is 12.7. The Morgan fingerprint density at radius 3 is 2.59 bits per heavy atom. The molecule has 2 saturated heterocycles. The molecule has 0 bridgehead atoms. The number of hydrogen-bond donors (Lipinski definition) is 0. The molecule has 2 aliphatic heterocycles. The lowest BCUT2D eigenvalue weighted by atomic mass is 9.72. The summed E-state index contributed by atoms with van der Waals surface area (Å²) in [4.78, 5) is 30.0. The molecule has 4 rings (SSSR count). The van der Waals surface area contributed by atoms with Crippen molar-refractivity contribution in [3.63, 3.8) is 0 Å². The van der Waals surface area contributed by atoms with Gasteiger partial charge in [-0.3, -0.25) is 9.69 Å². The summed E-state index contributed by atoms with van der Waals surface area (Å²) in [5.74, 6) is -0.0858. The number of aryl methyl sites for hydroxylation is 1. The van der Waals surface area contributed by atoms with E-state index in [0.717, 1.165) is 45.6 Å². The summed E-state index contributed by atoms with van der Waals surface area (Å²) in [7, 11) is 1.68. The van der Waals surface area contributed by atoms with Gasteiger partial charge in [-0.15, -0.1) is 0 Å². The second-order valence-corrected chi connectivity index (χ2v) is 8.62. The predicted molar refractivity (Wildman–Crippen MR) is 112 cm³/mol. The molecule has 2 aliphatic rings. The maximum atomic E-state index is 12.7. The Labute approximate surface area is 171 Å². The summed E-state index contributed by atoms with van der Waals surface area (Å²) in [5.41, 5.74) is 3.56. The van der Waals surface area contributed by atoms with Gasteiger partial charge in [-0.05, 0) is 38.4 Å². The van der Waals surface area contributed by atoms with Gasteiger partial charge >= 0.3 is 6.03 Å². The SMILES string of the molecule is CC(=O)N(C)c1cnn(C(=O)N2CC3(CCN(Cc4cccc(C)c4)CC3)C2)c1. The molecule has 29 heavy (non-hydrogen) atoms. The van der Waals surface area contributed by atoms with Gasteiger partial charge < -0.3 is 9.80 Å². The zero-order valence-electron chi connectivity index (χ0n) is 17.5. The number of hydrogen-bond acceptors (Lipinski definition) is 4. The highest BCUT2D eigenvalue weighted by Crippen LogP contribution is 2.41. The lowest BCUT2D eigenvalue weighted by Crippen LogP contribution is -2.62. The van der Waals surface area contributed by atoms with Crippen LogP contribution in [0.4, 0.5) is 10.5 Å². The van der Waals surface area contributed by atoms with E-state index in [1.54, 1.807) is 19.4 Å². The number of piperidine rings is 1. The Morgan fingerprint density at radius 1 is 1.21 bits per heavy atom. The van der Waals surface area contributed by atoms with Crippen LogP contribution in [0.3, 0.4) is 0 Å². The summed E-state index contributed by atoms with van der Waals surface area (Å²) in [6, 6.07) is 8.61. The van der Waals surface area contributed by atoms with Gasteiger partial charge in [0.2, 0.25) is 5.91 Å². The smallest absolute Gasteiger partial charge is 0.322 e. The van der Waals surface area contributed by atoms with Crippen molar-refractivity contribution in [2.45, 2.75) is 33.2 Å². The lowest BCUT2D eigenvalue weighted by Gasteiger charge is -2.53. The summed E-state index contributed by atoms with van der Waals surface area (Å²) >= 11 is 0. The van der Waals surface area contributed by atoms with Crippen molar-refractivity contribution in [2.24, 2.45) is 5.41 Å². The molecule has 0 saturated carbocycles. The van der Waals surface area contributed by atoms with Crippen molar-refractivity contribution < 1.29 is 9.59 Å². The molecule has 1 aromatic carbocycles. The molecule has 2 amide bonds. The van der Waals surface area contributed by atoms with E-state index in [1.165, 1.54) is 27.6 Å². The zero-order valence-corrected chi connectivity index (χ0v) is 17.5. The third-order valence-electron chi connectivity index (χ3n) is 6.35. The van der Waals surface area contributed by atoms with Gasteiger partial charge in [-0.2, -0.15) is 9.78 Å². The molecule has 7 heteroatoms. The fourth-order valence-corrected chi connectivity index (χ4v) is 4.39. The average molecular weight is 396 g/mol. The van der Waals surface area contributed by atoms with E-state index in [9.17, 15) is 9.59 Å². The summed E-state index contributed by atoms with van der Waals surface area (Å²) in [6.07, 6.45) is 5.43. The molecule has 0 N–H and O–H groups in total. The number of carbonyl (C=O) groups is 2. The molecule has 7 nitrogen and oxygen atoms in total. The predicted octanol–water partition coefficient (Wildman–Crippen LogP) is 2.74. The fourth-order valence-electron chi connectivity index (χ4n) is 4.39. The first-order valence-electron chi connectivity index (χ1n) is 10.2. The number of anilines is 1. The van der Waals surface area contributed by atoms with Crippen LogP contribution in [0.2, 0.25) is 0 Å². The van der Waals surface area contributed by atoms with Crippen LogP contribution >= 0.6 is 0 Å². The van der Waals surface area contributed by atoms with Crippen LogP contribution in [0.5, 0.6) is 0 Å². The van der Waals surface area contributed by atoms with Crippen molar-refractivity contribution in [3.05, 3.63) is 47.8 Å². The van der Waals surface area contributed by atoms with E-state index in [-0.39, 0.29) is 17.4 Å². The average Bonchev–Trinajstić information content (AvgIpc) is 3.16. The minimum Gasteiger partial charge on any atom is -0.322 e. The van der Waals surface area contributed by atoms with Gasteiger partial charge in [-0.25, -0.2) is 4.79 Å². The zero-order chi connectivity index (χ0) is 20.6. The molecule has 0 aliphatic carbocycles. The third-order valence-corrected chi connectivity index (χ3v) is 6.35. The third kappa shape index (κ3) is 4.05. The normalized spacial score (nSPS) is 18.5. The Kier molecular flexibility index (Phi) is 5.17. The molecule has 0 atom stereocenters. The summed E-state index contributed by atoms with van der Waals surface area (Å²) in [5, 5.41) is 4.15. The Morgan fingerprint density at radius 2 is 1.93 bits per heavy atom. The first kappa shape index (κ1) is 19.6. The van der Waals surface area contributed by atoms with Gasteiger partial charge in [0.15, 0.2) is 0 Å². The molecule has 1 aromatic heterocycles. The number of carbonyl (C=O) groups excluding carboxylic acids is 2. The molecule has 3 heterocycles. The molecule has 0 radical (unpaired) electrons. The van der Waals surface area contributed by atoms with Crippen molar-refractivity contribution in [1.82, 2.24) is 19.6 Å². The minimum atomic E-state index is -0.110. The molecule has 154 valence electrons. The maximum Gasteiger partial charge on any atom is 0.344 e. The highest BCUT2D eigenvalue weighted by molar-refractivity contribution is 5.91. The number of likely N-dealkylation sites (tertiary alicyclic amines) is 2. The molecular weight excluding hydrogens is 366 g/mol. The summed E-state index contributed by atoms with van der Waals surface area (Å²) in [6.45, 7) is 8.36. The van der Waals surface area contributed by atoms with Gasteiger partial charge in [0.25, 0.3) is 0 Å². The first-order chi connectivity index (χ1) is 13.8.